The second kappa shape index (κ2) is 8.96. The van der Waals surface area contributed by atoms with Gasteiger partial charge >= 0.3 is 0 Å². The van der Waals surface area contributed by atoms with E-state index in [1.54, 1.807) is 0 Å². The maximum absolute atomic E-state index is 7.16. The number of hydrogen-bond acceptors (Lipinski definition) is 3. The van der Waals surface area contributed by atoms with Gasteiger partial charge in [0.05, 0.1) is 22.4 Å². The zero-order valence-electron chi connectivity index (χ0n) is 28.1. The molecule has 6 heterocycles. The van der Waals surface area contributed by atoms with Crippen LogP contribution in [0.5, 0.6) is 23.0 Å². The Labute approximate surface area is 295 Å². The number of para-hydroxylation sites is 3. The predicted octanol–water partition coefficient (Wildman–Crippen LogP) is 7.23. The Morgan fingerprint density at radius 3 is 2.08 bits per heavy atom. The largest absolute Gasteiger partial charge is 0.458 e. The maximum Gasteiger partial charge on any atom is 0.256 e. The molecule has 0 saturated heterocycles. The molecule has 0 fully saturated rings. The van der Waals surface area contributed by atoms with Crippen LogP contribution in [0.2, 0.25) is 0 Å². The molecule has 51 heavy (non-hydrogen) atoms. The average molecular weight is 650 g/mol. The second-order valence-electron chi connectivity index (χ2n) is 14.9. The quantitative estimate of drug-likeness (QED) is 0.176. The van der Waals surface area contributed by atoms with Crippen molar-refractivity contribution in [1.82, 2.24) is 4.57 Å². The van der Waals surface area contributed by atoms with Gasteiger partial charge in [0.1, 0.15) is 11.5 Å². The highest BCUT2D eigenvalue weighted by Gasteiger charge is 2.48. The van der Waals surface area contributed by atoms with Crippen molar-refractivity contribution in [2.24, 2.45) is 0 Å². The third-order valence-corrected chi connectivity index (χ3v) is 12.2. The van der Waals surface area contributed by atoms with Gasteiger partial charge in [-0.3, -0.25) is 0 Å². The molecular weight excluding hydrogens is 622 g/mol. The first kappa shape index (κ1) is 26.7. The molecule has 0 amide bonds. The first-order valence-electron chi connectivity index (χ1n) is 18.0. The topological polar surface area (TPSA) is 26.6 Å². The average Bonchev–Trinajstić information content (AvgIpc) is 3.69. The van der Waals surface area contributed by atoms with E-state index < -0.39 is 0 Å². The van der Waals surface area contributed by atoms with Crippen LogP contribution in [-0.2, 0) is 0 Å². The number of rotatable bonds is 1. The number of fused-ring (bicyclic) bond motifs is 16. The molecule has 0 unspecified atom stereocenters. The lowest BCUT2D eigenvalue weighted by Gasteiger charge is -2.42. The molecule has 5 aliphatic heterocycles. The summed E-state index contributed by atoms with van der Waals surface area (Å²) in [5.41, 5.74) is 18.7. The van der Waals surface area contributed by atoms with Crippen molar-refractivity contribution >= 4 is 85.1 Å². The van der Waals surface area contributed by atoms with Crippen molar-refractivity contribution in [3.8, 4) is 39.8 Å². The Morgan fingerprint density at radius 1 is 0.529 bits per heavy atom. The Kier molecular flexibility index (Phi) is 4.69. The molecule has 0 bridgehead atoms. The highest BCUT2D eigenvalue weighted by molar-refractivity contribution is 7.01. The maximum atomic E-state index is 7.16. The minimum Gasteiger partial charge on any atom is -0.458 e. The molecule has 236 valence electrons. The van der Waals surface area contributed by atoms with Gasteiger partial charge in [-0.15, -0.1) is 0 Å². The summed E-state index contributed by atoms with van der Waals surface area (Å²) < 4.78 is 16.8. The highest BCUT2D eigenvalue weighted by atomic mass is 16.5. The van der Waals surface area contributed by atoms with E-state index in [1.165, 1.54) is 82.8 Å². The molecule has 4 nitrogen and oxygen atoms in total. The van der Waals surface area contributed by atoms with Crippen LogP contribution >= 0.6 is 0 Å². The lowest BCUT2D eigenvalue weighted by atomic mass is 9.34. The van der Waals surface area contributed by atoms with E-state index in [2.05, 4.69) is 151 Å². The first-order chi connectivity index (χ1) is 25.2. The monoisotopic (exact) mass is 650 g/mol. The second-order valence-corrected chi connectivity index (χ2v) is 14.9. The van der Waals surface area contributed by atoms with E-state index in [0.717, 1.165) is 34.2 Å². The third-order valence-electron chi connectivity index (χ3n) is 12.2. The summed E-state index contributed by atoms with van der Waals surface area (Å²) in [4.78, 5) is 2.51. The summed E-state index contributed by atoms with van der Waals surface area (Å²) in [5.74, 6) is 3.80. The summed E-state index contributed by atoms with van der Waals surface area (Å²) in [6.07, 6.45) is 0. The molecule has 6 heteroatoms. The van der Waals surface area contributed by atoms with Crippen molar-refractivity contribution in [2.75, 3.05) is 4.90 Å². The number of anilines is 3. The van der Waals surface area contributed by atoms with Crippen LogP contribution in [0.4, 0.5) is 17.1 Å². The minimum absolute atomic E-state index is 0.00295. The fourth-order valence-electron chi connectivity index (χ4n) is 10.3. The van der Waals surface area contributed by atoms with E-state index in [1.807, 2.05) is 0 Å². The molecule has 13 rings (SSSR count). The van der Waals surface area contributed by atoms with E-state index in [9.17, 15) is 0 Å². The van der Waals surface area contributed by atoms with Crippen molar-refractivity contribution < 1.29 is 9.47 Å². The summed E-state index contributed by atoms with van der Waals surface area (Å²) in [7, 11) is 0. The minimum atomic E-state index is 0.00295. The molecule has 7 aromatic carbocycles. The van der Waals surface area contributed by atoms with Crippen LogP contribution in [0, 0.1) is 0 Å². The zero-order chi connectivity index (χ0) is 33.3. The molecule has 1 aromatic heterocycles. The molecule has 0 spiro atoms. The summed E-state index contributed by atoms with van der Waals surface area (Å²) in [5, 5.41) is 2.53. The molecule has 5 aliphatic rings. The summed E-state index contributed by atoms with van der Waals surface area (Å²) in [6.45, 7) is 4.70. The van der Waals surface area contributed by atoms with Crippen LogP contribution in [0.1, 0.15) is 25.3 Å². The number of nitrogens with zero attached hydrogens (tertiary/aromatic N) is 2. The predicted molar refractivity (Wildman–Crippen MR) is 211 cm³/mol. The van der Waals surface area contributed by atoms with Crippen molar-refractivity contribution in [1.29, 1.82) is 0 Å². The smallest absolute Gasteiger partial charge is 0.256 e. The van der Waals surface area contributed by atoms with Crippen molar-refractivity contribution in [3.05, 3.63) is 133 Å². The van der Waals surface area contributed by atoms with Gasteiger partial charge in [0.15, 0.2) is 11.5 Å². The van der Waals surface area contributed by atoms with Gasteiger partial charge in [-0.1, -0.05) is 104 Å². The van der Waals surface area contributed by atoms with Crippen LogP contribution in [0.25, 0.3) is 38.6 Å². The molecule has 0 aliphatic carbocycles. The van der Waals surface area contributed by atoms with Crippen LogP contribution in [0.15, 0.2) is 127 Å². The van der Waals surface area contributed by atoms with Gasteiger partial charge in [0.25, 0.3) is 6.71 Å². The lowest BCUT2D eigenvalue weighted by molar-refractivity contribution is 0.444. The Balaban J connectivity index is 1.14. The fourth-order valence-corrected chi connectivity index (χ4v) is 10.3. The van der Waals surface area contributed by atoms with E-state index in [0.29, 0.717) is 0 Å². The fraction of sp³-hybridized carbons (Fsp3) is 0.0667. The van der Waals surface area contributed by atoms with Gasteiger partial charge in [0, 0.05) is 27.7 Å². The molecule has 0 radical (unpaired) electrons. The third kappa shape index (κ3) is 3.01. The first-order valence-corrected chi connectivity index (χ1v) is 18.0. The number of hydrogen-bond donors (Lipinski definition) is 0. The standard InChI is InChI=1S/C45H28B2N2O2/c1-24(2)39-44-32(47-31-15-7-9-17-34(31)48-33-16-8-4-12-26(33)28-20-21-37(50-44)41(47)42(28)48)23-36-45(39)51-38-22-19-27-25-11-3-5-13-29(25)46-30-14-6-10-18-35(30)49(36)43(38)40(27)46/h3-24H,1-2H3. The molecule has 0 saturated carbocycles. The number of ether oxygens (including phenoxy) is 2. The molecule has 0 N–H and O–H groups in total. The van der Waals surface area contributed by atoms with Gasteiger partial charge in [-0.2, -0.15) is 0 Å². The van der Waals surface area contributed by atoms with E-state index >= 15 is 0 Å². The lowest BCUT2D eigenvalue weighted by Crippen LogP contribution is -2.59. The van der Waals surface area contributed by atoms with Crippen LogP contribution in [0.3, 0.4) is 0 Å². The highest BCUT2D eigenvalue weighted by Crippen LogP contribution is 2.57. The molecular formula is C45H28B2N2O2. The van der Waals surface area contributed by atoms with Crippen LogP contribution in [-0.4, -0.2) is 18.0 Å². The van der Waals surface area contributed by atoms with Crippen LogP contribution < -0.4 is 47.2 Å². The van der Waals surface area contributed by atoms with Crippen molar-refractivity contribution in [2.45, 2.75) is 19.8 Å². The van der Waals surface area contributed by atoms with Gasteiger partial charge < -0.3 is 18.9 Å². The molecule has 0 atom stereocenters. The van der Waals surface area contributed by atoms with Gasteiger partial charge in [-0.25, -0.2) is 0 Å². The van der Waals surface area contributed by atoms with Gasteiger partial charge in [0.2, 0.25) is 6.71 Å². The normalized spacial score (nSPS) is 14.5. The van der Waals surface area contributed by atoms with E-state index in [-0.39, 0.29) is 19.3 Å². The van der Waals surface area contributed by atoms with Crippen molar-refractivity contribution in [3.63, 3.8) is 0 Å². The van der Waals surface area contributed by atoms with E-state index in [4.69, 9.17) is 9.47 Å². The molecule has 8 aromatic rings. The Hall–Kier alpha value is -6.13. The van der Waals surface area contributed by atoms with Gasteiger partial charge in [-0.05, 0) is 86.8 Å². The number of benzene rings is 7. The Bertz CT molecular complexity index is 2940. The zero-order valence-corrected chi connectivity index (χ0v) is 28.1. The summed E-state index contributed by atoms with van der Waals surface area (Å²) >= 11 is 0. The SMILES string of the molecule is CC(C)c1c2c(cc3c1Oc1ccc4c5c1N3c1ccccc1B5c1ccccc1-4)B1c3ccccc3-n3c4ccccc4c4ccc(c1c43)O2. The Morgan fingerprint density at radius 2 is 1.22 bits per heavy atom. The summed E-state index contributed by atoms with van der Waals surface area (Å²) in [6, 6.07) is 47.0. The number of aromatic nitrogens is 1.